The molecular weight excluding hydrogens is 226 g/mol. The predicted molar refractivity (Wildman–Crippen MR) is 71.5 cm³/mol. The Labute approximate surface area is 108 Å². The van der Waals surface area contributed by atoms with Crippen molar-refractivity contribution in [3.63, 3.8) is 0 Å². The van der Waals surface area contributed by atoms with E-state index < -0.39 is 0 Å². The summed E-state index contributed by atoms with van der Waals surface area (Å²) in [5, 5.41) is 8.92. The topological polar surface area (TPSA) is 40.5 Å². The summed E-state index contributed by atoms with van der Waals surface area (Å²) in [6.45, 7) is 2.97. The highest BCUT2D eigenvalue weighted by atomic mass is 16.3. The number of aliphatic hydroxyl groups excluding tert-OH is 1. The standard InChI is InChI=1S/C15H21NO2/c1-2-16(9-10-17)15(18)14-7-5-13(6-8-14)11-12-3-4-12/h5-8,12,17H,2-4,9-11H2,1H3. The van der Waals surface area contributed by atoms with Gasteiger partial charge >= 0.3 is 0 Å². The van der Waals surface area contributed by atoms with E-state index in [2.05, 4.69) is 12.1 Å². The van der Waals surface area contributed by atoms with Gasteiger partial charge in [-0.25, -0.2) is 0 Å². The normalized spacial score (nSPS) is 14.6. The Morgan fingerprint density at radius 2 is 2.00 bits per heavy atom. The van der Waals surface area contributed by atoms with E-state index in [0.717, 1.165) is 12.3 Å². The molecule has 1 saturated carbocycles. The van der Waals surface area contributed by atoms with Crippen LogP contribution in [0.5, 0.6) is 0 Å². The van der Waals surface area contributed by atoms with Gasteiger partial charge in [-0.1, -0.05) is 12.1 Å². The van der Waals surface area contributed by atoms with Gasteiger partial charge in [0.1, 0.15) is 0 Å². The average molecular weight is 247 g/mol. The number of hydrogen-bond acceptors (Lipinski definition) is 2. The molecule has 1 amide bonds. The molecule has 3 nitrogen and oxygen atoms in total. The number of carbonyl (C=O) groups excluding carboxylic acids is 1. The highest BCUT2D eigenvalue weighted by molar-refractivity contribution is 5.94. The average Bonchev–Trinajstić information content (AvgIpc) is 3.20. The van der Waals surface area contributed by atoms with Gasteiger partial charge in [-0.2, -0.15) is 0 Å². The number of rotatable bonds is 6. The lowest BCUT2D eigenvalue weighted by atomic mass is 10.1. The summed E-state index contributed by atoms with van der Waals surface area (Å²) in [4.78, 5) is 13.8. The number of benzene rings is 1. The van der Waals surface area contributed by atoms with Crippen molar-refractivity contribution in [1.82, 2.24) is 4.90 Å². The van der Waals surface area contributed by atoms with Gasteiger partial charge in [-0.3, -0.25) is 4.79 Å². The molecule has 0 bridgehead atoms. The van der Waals surface area contributed by atoms with Gasteiger partial charge in [-0.15, -0.1) is 0 Å². The molecule has 0 spiro atoms. The Kier molecular flexibility index (Phi) is 4.37. The van der Waals surface area contributed by atoms with E-state index in [4.69, 9.17) is 5.11 Å². The van der Waals surface area contributed by atoms with Crippen LogP contribution in [0.25, 0.3) is 0 Å². The molecule has 3 heteroatoms. The van der Waals surface area contributed by atoms with Crippen molar-refractivity contribution < 1.29 is 9.90 Å². The minimum atomic E-state index is 0.00419. The molecule has 0 aromatic heterocycles. The first-order valence-electron chi connectivity index (χ1n) is 6.73. The quantitative estimate of drug-likeness (QED) is 0.836. The summed E-state index contributed by atoms with van der Waals surface area (Å²) in [6.07, 6.45) is 3.84. The van der Waals surface area contributed by atoms with Crippen LogP contribution in [0.4, 0.5) is 0 Å². The Morgan fingerprint density at radius 1 is 1.33 bits per heavy atom. The van der Waals surface area contributed by atoms with E-state index in [-0.39, 0.29) is 12.5 Å². The van der Waals surface area contributed by atoms with Gasteiger partial charge in [0, 0.05) is 18.7 Å². The second-order valence-electron chi connectivity index (χ2n) is 4.95. The Morgan fingerprint density at radius 3 is 2.50 bits per heavy atom. The van der Waals surface area contributed by atoms with Crippen molar-refractivity contribution in [2.45, 2.75) is 26.2 Å². The molecular formula is C15H21NO2. The van der Waals surface area contributed by atoms with Gasteiger partial charge in [0.15, 0.2) is 0 Å². The van der Waals surface area contributed by atoms with Gasteiger partial charge < -0.3 is 10.0 Å². The van der Waals surface area contributed by atoms with E-state index in [1.165, 1.54) is 18.4 Å². The van der Waals surface area contributed by atoms with E-state index in [0.29, 0.717) is 18.7 Å². The molecule has 1 aliphatic carbocycles. The van der Waals surface area contributed by atoms with Crippen LogP contribution >= 0.6 is 0 Å². The van der Waals surface area contributed by atoms with Crippen molar-refractivity contribution in [1.29, 1.82) is 0 Å². The number of amides is 1. The zero-order chi connectivity index (χ0) is 13.0. The van der Waals surface area contributed by atoms with Gasteiger partial charge in [0.05, 0.1) is 6.61 Å². The SMILES string of the molecule is CCN(CCO)C(=O)c1ccc(CC2CC2)cc1. The van der Waals surface area contributed by atoms with E-state index >= 15 is 0 Å². The first-order valence-corrected chi connectivity index (χ1v) is 6.73. The van der Waals surface area contributed by atoms with Crippen LogP contribution in [-0.2, 0) is 6.42 Å². The largest absolute Gasteiger partial charge is 0.395 e. The molecule has 0 saturated heterocycles. The molecule has 1 fully saturated rings. The summed E-state index contributed by atoms with van der Waals surface area (Å²) in [5.41, 5.74) is 2.03. The molecule has 1 aromatic rings. The molecule has 0 atom stereocenters. The van der Waals surface area contributed by atoms with Crippen LogP contribution in [0, 0.1) is 5.92 Å². The van der Waals surface area contributed by atoms with Crippen molar-refractivity contribution in [2.24, 2.45) is 5.92 Å². The maximum absolute atomic E-state index is 12.1. The smallest absolute Gasteiger partial charge is 0.253 e. The summed E-state index contributed by atoms with van der Waals surface area (Å²) < 4.78 is 0. The van der Waals surface area contributed by atoms with Crippen molar-refractivity contribution in [3.8, 4) is 0 Å². The highest BCUT2D eigenvalue weighted by Gasteiger charge is 2.21. The predicted octanol–water partition coefficient (Wildman–Crippen LogP) is 2.09. The number of hydrogen-bond donors (Lipinski definition) is 1. The number of likely N-dealkylation sites (N-methyl/N-ethyl adjacent to an activating group) is 1. The number of nitrogens with zero attached hydrogens (tertiary/aromatic N) is 1. The lowest BCUT2D eigenvalue weighted by molar-refractivity contribution is 0.0732. The van der Waals surface area contributed by atoms with Gasteiger partial charge in [0.25, 0.3) is 5.91 Å². The Bertz CT molecular complexity index is 395. The fraction of sp³-hybridized carbons (Fsp3) is 0.533. The summed E-state index contributed by atoms with van der Waals surface area (Å²) in [6, 6.07) is 7.91. The van der Waals surface area contributed by atoms with Gasteiger partial charge in [-0.05, 0) is 49.8 Å². The van der Waals surface area contributed by atoms with Crippen LogP contribution in [0.2, 0.25) is 0 Å². The highest BCUT2D eigenvalue weighted by Crippen LogP contribution is 2.32. The third kappa shape index (κ3) is 3.33. The number of carbonyl (C=O) groups is 1. The molecule has 0 radical (unpaired) electrons. The number of aliphatic hydroxyl groups is 1. The molecule has 18 heavy (non-hydrogen) atoms. The Hall–Kier alpha value is -1.35. The third-order valence-electron chi connectivity index (χ3n) is 3.46. The second kappa shape index (κ2) is 6.01. The maximum atomic E-state index is 12.1. The molecule has 0 heterocycles. The monoisotopic (exact) mass is 247 g/mol. The van der Waals surface area contributed by atoms with Crippen LogP contribution in [-0.4, -0.2) is 35.6 Å². The van der Waals surface area contributed by atoms with Crippen LogP contribution < -0.4 is 0 Å². The van der Waals surface area contributed by atoms with Crippen molar-refractivity contribution in [2.75, 3.05) is 19.7 Å². The molecule has 1 N–H and O–H groups in total. The molecule has 0 unspecified atom stereocenters. The van der Waals surface area contributed by atoms with Crippen molar-refractivity contribution >= 4 is 5.91 Å². The Balaban J connectivity index is 2.00. The minimum Gasteiger partial charge on any atom is -0.395 e. The van der Waals surface area contributed by atoms with Crippen LogP contribution in [0.1, 0.15) is 35.7 Å². The lowest BCUT2D eigenvalue weighted by Crippen LogP contribution is -2.33. The first-order chi connectivity index (χ1) is 8.74. The zero-order valence-corrected chi connectivity index (χ0v) is 10.9. The third-order valence-corrected chi connectivity index (χ3v) is 3.46. The second-order valence-corrected chi connectivity index (χ2v) is 4.95. The van der Waals surface area contributed by atoms with Crippen LogP contribution in [0.3, 0.4) is 0 Å². The minimum absolute atomic E-state index is 0.00419. The lowest BCUT2D eigenvalue weighted by Gasteiger charge is -2.19. The summed E-state index contributed by atoms with van der Waals surface area (Å²) in [7, 11) is 0. The zero-order valence-electron chi connectivity index (χ0n) is 10.9. The molecule has 1 aromatic carbocycles. The molecule has 98 valence electrons. The fourth-order valence-corrected chi connectivity index (χ4v) is 2.15. The van der Waals surface area contributed by atoms with E-state index in [9.17, 15) is 4.79 Å². The maximum Gasteiger partial charge on any atom is 0.253 e. The first kappa shape index (κ1) is 13.1. The van der Waals surface area contributed by atoms with Gasteiger partial charge in [0.2, 0.25) is 0 Å². The molecule has 0 aliphatic heterocycles. The summed E-state index contributed by atoms with van der Waals surface area (Å²) in [5.74, 6) is 0.873. The molecule has 1 aliphatic rings. The van der Waals surface area contributed by atoms with E-state index in [1.807, 2.05) is 19.1 Å². The fourth-order valence-electron chi connectivity index (χ4n) is 2.15. The summed E-state index contributed by atoms with van der Waals surface area (Å²) >= 11 is 0. The molecule has 2 rings (SSSR count). The van der Waals surface area contributed by atoms with E-state index in [1.54, 1.807) is 4.90 Å². The van der Waals surface area contributed by atoms with Crippen LogP contribution in [0.15, 0.2) is 24.3 Å². The van der Waals surface area contributed by atoms with Crippen molar-refractivity contribution in [3.05, 3.63) is 35.4 Å².